The molecular weight excluding hydrogens is 450 g/mol. The molecule has 0 unspecified atom stereocenters. The molecule has 0 aliphatic carbocycles. The second kappa shape index (κ2) is 14.6. The second-order valence-electron chi connectivity index (χ2n) is 10.0. The molecule has 2 fully saturated rings. The van der Waals surface area contributed by atoms with Crippen LogP contribution in [0.1, 0.15) is 36.8 Å². The summed E-state index contributed by atoms with van der Waals surface area (Å²) in [6.07, 6.45) is 4.76. The first-order valence-electron chi connectivity index (χ1n) is 13.9. The largest absolute Gasteiger partial charge is 0.493 e. The van der Waals surface area contributed by atoms with Gasteiger partial charge in [0.1, 0.15) is 11.5 Å². The van der Waals surface area contributed by atoms with Crippen molar-refractivity contribution in [1.29, 1.82) is 0 Å². The number of hydrogen-bond acceptors (Lipinski definition) is 6. The Kier molecular flexibility index (Phi) is 10.9. The summed E-state index contributed by atoms with van der Waals surface area (Å²) in [5, 5.41) is 3.54. The lowest BCUT2D eigenvalue weighted by atomic mass is 9.95. The van der Waals surface area contributed by atoms with E-state index in [1.165, 1.54) is 48.2 Å². The van der Waals surface area contributed by atoms with E-state index in [4.69, 9.17) is 14.2 Å². The van der Waals surface area contributed by atoms with E-state index >= 15 is 0 Å². The molecule has 4 rings (SSSR count). The third kappa shape index (κ3) is 7.94. The van der Waals surface area contributed by atoms with Gasteiger partial charge in [-0.2, -0.15) is 0 Å². The maximum atomic E-state index is 6.21. The predicted molar refractivity (Wildman–Crippen MR) is 147 cm³/mol. The molecule has 6 nitrogen and oxygen atoms in total. The Labute approximate surface area is 217 Å². The molecular formula is C30H45N3O3. The van der Waals surface area contributed by atoms with Gasteiger partial charge in [0, 0.05) is 32.7 Å². The van der Waals surface area contributed by atoms with Crippen LogP contribution in [-0.4, -0.2) is 88.6 Å². The highest BCUT2D eigenvalue weighted by molar-refractivity contribution is 5.74. The Morgan fingerprint density at radius 2 is 1.31 bits per heavy atom. The second-order valence-corrected chi connectivity index (χ2v) is 10.0. The van der Waals surface area contributed by atoms with Gasteiger partial charge >= 0.3 is 0 Å². The number of rotatable bonds is 14. The summed E-state index contributed by atoms with van der Waals surface area (Å²) in [7, 11) is 0. The molecule has 36 heavy (non-hydrogen) atoms. The van der Waals surface area contributed by atoms with E-state index in [0.717, 1.165) is 83.4 Å². The van der Waals surface area contributed by atoms with Gasteiger partial charge in [-0.1, -0.05) is 24.3 Å². The lowest BCUT2D eigenvalue weighted by Gasteiger charge is -2.26. The van der Waals surface area contributed by atoms with E-state index < -0.39 is 0 Å². The van der Waals surface area contributed by atoms with E-state index in [9.17, 15) is 0 Å². The number of nitrogens with one attached hydrogen (secondary N) is 1. The van der Waals surface area contributed by atoms with E-state index in [0.29, 0.717) is 6.61 Å². The van der Waals surface area contributed by atoms with Crippen molar-refractivity contribution in [2.75, 3.05) is 78.8 Å². The van der Waals surface area contributed by atoms with Crippen LogP contribution in [0.15, 0.2) is 36.4 Å². The SMILES string of the molecule is Cc1c(OCCCNCCN2CCOCC2)cccc1-c1cccc(OCCCN2CCCC2)c1C. The molecule has 0 aromatic heterocycles. The van der Waals surface area contributed by atoms with Crippen molar-refractivity contribution in [3.8, 4) is 22.6 Å². The zero-order valence-corrected chi connectivity index (χ0v) is 22.4. The maximum Gasteiger partial charge on any atom is 0.122 e. The molecule has 0 spiro atoms. The molecule has 2 saturated heterocycles. The van der Waals surface area contributed by atoms with Crippen LogP contribution in [0.4, 0.5) is 0 Å². The molecule has 2 aromatic carbocycles. The first-order chi connectivity index (χ1) is 17.7. The molecule has 6 heteroatoms. The lowest BCUT2D eigenvalue weighted by Crippen LogP contribution is -2.40. The highest BCUT2D eigenvalue weighted by Gasteiger charge is 2.14. The fourth-order valence-corrected chi connectivity index (χ4v) is 5.17. The molecule has 0 radical (unpaired) electrons. The number of benzene rings is 2. The summed E-state index contributed by atoms with van der Waals surface area (Å²) in [5.74, 6) is 1.96. The first-order valence-corrected chi connectivity index (χ1v) is 13.9. The minimum atomic E-state index is 0.716. The third-order valence-corrected chi connectivity index (χ3v) is 7.40. The number of likely N-dealkylation sites (tertiary alicyclic amines) is 1. The molecule has 198 valence electrons. The zero-order valence-electron chi connectivity index (χ0n) is 22.4. The van der Waals surface area contributed by atoms with Gasteiger partial charge in [-0.15, -0.1) is 0 Å². The third-order valence-electron chi connectivity index (χ3n) is 7.40. The molecule has 0 saturated carbocycles. The van der Waals surface area contributed by atoms with Gasteiger partial charge in [-0.3, -0.25) is 4.90 Å². The molecule has 0 amide bonds. The predicted octanol–water partition coefficient (Wildman–Crippen LogP) is 4.53. The van der Waals surface area contributed by atoms with Gasteiger partial charge in [-0.05, 0) is 93.6 Å². The Morgan fingerprint density at radius 1 is 0.722 bits per heavy atom. The van der Waals surface area contributed by atoms with E-state index in [2.05, 4.69) is 65.4 Å². The fourth-order valence-electron chi connectivity index (χ4n) is 5.17. The van der Waals surface area contributed by atoms with Gasteiger partial charge in [0.05, 0.1) is 26.4 Å². The van der Waals surface area contributed by atoms with Gasteiger partial charge in [-0.25, -0.2) is 0 Å². The van der Waals surface area contributed by atoms with Crippen molar-refractivity contribution in [2.45, 2.75) is 39.5 Å². The quantitative estimate of drug-likeness (QED) is 0.389. The van der Waals surface area contributed by atoms with Crippen LogP contribution >= 0.6 is 0 Å². The van der Waals surface area contributed by atoms with E-state index in [1.54, 1.807) is 0 Å². The van der Waals surface area contributed by atoms with Gasteiger partial charge in [0.25, 0.3) is 0 Å². The Morgan fingerprint density at radius 3 is 1.94 bits per heavy atom. The summed E-state index contributed by atoms with van der Waals surface area (Å²) in [6.45, 7) is 16.4. The molecule has 1 N–H and O–H groups in total. The molecule has 2 aliphatic rings. The van der Waals surface area contributed by atoms with E-state index in [1.807, 2.05) is 0 Å². The molecule has 2 heterocycles. The molecule has 2 aliphatic heterocycles. The summed E-state index contributed by atoms with van der Waals surface area (Å²) in [4.78, 5) is 5.00. The van der Waals surface area contributed by atoms with Crippen molar-refractivity contribution < 1.29 is 14.2 Å². The molecule has 0 atom stereocenters. The van der Waals surface area contributed by atoms with Crippen LogP contribution in [0.2, 0.25) is 0 Å². The van der Waals surface area contributed by atoms with Crippen molar-refractivity contribution in [3.05, 3.63) is 47.5 Å². The average Bonchev–Trinajstić information content (AvgIpc) is 3.42. The Hall–Kier alpha value is -2.12. The van der Waals surface area contributed by atoms with Crippen LogP contribution < -0.4 is 14.8 Å². The number of morpholine rings is 1. The summed E-state index contributed by atoms with van der Waals surface area (Å²) >= 11 is 0. The number of nitrogens with zero attached hydrogens (tertiary/aromatic N) is 2. The van der Waals surface area contributed by atoms with Crippen molar-refractivity contribution in [3.63, 3.8) is 0 Å². The zero-order chi connectivity index (χ0) is 25.0. The smallest absolute Gasteiger partial charge is 0.122 e. The van der Waals surface area contributed by atoms with Crippen molar-refractivity contribution in [1.82, 2.24) is 15.1 Å². The van der Waals surface area contributed by atoms with Crippen molar-refractivity contribution in [2.24, 2.45) is 0 Å². The van der Waals surface area contributed by atoms with Crippen LogP contribution in [0.5, 0.6) is 11.5 Å². The summed E-state index contributed by atoms with van der Waals surface area (Å²) < 4.78 is 17.8. The van der Waals surface area contributed by atoms with Crippen molar-refractivity contribution >= 4 is 0 Å². The van der Waals surface area contributed by atoms with Crippen LogP contribution in [-0.2, 0) is 4.74 Å². The number of ether oxygens (including phenoxy) is 3. The van der Waals surface area contributed by atoms with Crippen LogP contribution in [0, 0.1) is 13.8 Å². The van der Waals surface area contributed by atoms with Crippen LogP contribution in [0.25, 0.3) is 11.1 Å². The maximum absolute atomic E-state index is 6.21. The molecule has 2 aromatic rings. The van der Waals surface area contributed by atoms with Gasteiger partial charge in [0.2, 0.25) is 0 Å². The Bertz CT molecular complexity index is 924. The van der Waals surface area contributed by atoms with Gasteiger partial charge < -0.3 is 24.4 Å². The van der Waals surface area contributed by atoms with Crippen LogP contribution in [0.3, 0.4) is 0 Å². The lowest BCUT2D eigenvalue weighted by molar-refractivity contribution is 0.0384. The normalized spacial score (nSPS) is 16.9. The molecule has 0 bridgehead atoms. The van der Waals surface area contributed by atoms with Gasteiger partial charge in [0.15, 0.2) is 0 Å². The number of hydrogen-bond donors (Lipinski definition) is 1. The highest BCUT2D eigenvalue weighted by atomic mass is 16.5. The van der Waals surface area contributed by atoms with E-state index in [-0.39, 0.29) is 0 Å². The summed E-state index contributed by atoms with van der Waals surface area (Å²) in [5.41, 5.74) is 4.83. The minimum Gasteiger partial charge on any atom is -0.493 e. The minimum absolute atomic E-state index is 0.716. The monoisotopic (exact) mass is 495 g/mol. The first kappa shape index (κ1) is 26.9. The Balaban J connectivity index is 1.23. The highest BCUT2D eigenvalue weighted by Crippen LogP contribution is 2.35. The topological polar surface area (TPSA) is 46.2 Å². The fraction of sp³-hybridized carbons (Fsp3) is 0.600. The average molecular weight is 496 g/mol. The summed E-state index contributed by atoms with van der Waals surface area (Å²) in [6, 6.07) is 12.8. The standard InChI is InChI=1S/C30H45N3O3/c1-25-27(28-10-6-12-30(26(28)2)36-22-8-17-32-15-3-4-16-32)9-5-11-29(25)35-21-7-13-31-14-18-33-19-23-34-24-20-33/h5-6,9-12,31H,3-4,7-8,13-24H2,1-2H3.